The number of nitrogens with one attached hydrogen (secondary N) is 1. The maximum atomic E-state index is 12.6. The number of benzene rings is 2. The SMILES string of the molecule is CC(NC(=O)c1ccc2c(c1)-c1ccccc1C2)c1ccccn1. The monoisotopic (exact) mass is 314 g/mol. The van der Waals surface area contributed by atoms with Crippen molar-refractivity contribution in [3.05, 3.63) is 89.2 Å². The van der Waals surface area contributed by atoms with E-state index in [0.29, 0.717) is 5.56 Å². The van der Waals surface area contributed by atoms with Crippen LogP contribution in [0.5, 0.6) is 0 Å². The van der Waals surface area contributed by atoms with Crippen LogP contribution in [0, 0.1) is 0 Å². The van der Waals surface area contributed by atoms with Crippen molar-refractivity contribution < 1.29 is 4.79 Å². The number of rotatable bonds is 3. The lowest BCUT2D eigenvalue weighted by molar-refractivity contribution is 0.0939. The van der Waals surface area contributed by atoms with Crippen molar-refractivity contribution in [3.63, 3.8) is 0 Å². The second-order valence-corrected chi connectivity index (χ2v) is 6.16. The van der Waals surface area contributed by atoms with Crippen molar-refractivity contribution in [1.29, 1.82) is 0 Å². The summed E-state index contributed by atoms with van der Waals surface area (Å²) in [6.07, 6.45) is 2.68. The number of hydrogen-bond donors (Lipinski definition) is 1. The number of fused-ring (bicyclic) bond motifs is 3. The molecule has 1 amide bonds. The summed E-state index contributed by atoms with van der Waals surface area (Å²) in [7, 11) is 0. The third-order valence-corrected chi connectivity index (χ3v) is 4.54. The minimum atomic E-state index is -0.126. The number of amides is 1. The van der Waals surface area contributed by atoms with Crippen LogP contribution in [-0.2, 0) is 6.42 Å². The smallest absolute Gasteiger partial charge is 0.251 e. The molecule has 1 atom stereocenters. The maximum Gasteiger partial charge on any atom is 0.251 e. The Bertz CT molecular complexity index is 903. The van der Waals surface area contributed by atoms with Gasteiger partial charge in [-0.2, -0.15) is 0 Å². The largest absolute Gasteiger partial charge is 0.344 e. The van der Waals surface area contributed by atoms with Crippen molar-refractivity contribution in [2.75, 3.05) is 0 Å². The van der Waals surface area contributed by atoms with Crippen LogP contribution >= 0.6 is 0 Å². The lowest BCUT2D eigenvalue weighted by Crippen LogP contribution is -2.27. The summed E-state index contributed by atoms with van der Waals surface area (Å²) in [5.41, 5.74) is 6.56. The standard InChI is InChI=1S/C21H18N2O/c1-14(20-8-4-5-11-22-20)23-21(24)17-10-9-16-12-15-6-2-3-7-18(15)19(16)13-17/h2-11,13-14H,12H2,1H3,(H,23,24). The first kappa shape index (κ1) is 14.6. The molecule has 0 spiro atoms. The molecule has 24 heavy (non-hydrogen) atoms. The van der Waals surface area contributed by atoms with Crippen LogP contribution in [0.3, 0.4) is 0 Å². The first-order valence-electron chi connectivity index (χ1n) is 8.15. The summed E-state index contributed by atoms with van der Waals surface area (Å²) in [6, 6.07) is 20.0. The van der Waals surface area contributed by atoms with E-state index < -0.39 is 0 Å². The summed E-state index contributed by atoms with van der Waals surface area (Å²) in [5, 5.41) is 3.03. The molecule has 1 unspecified atom stereocenters. The van der Waals surface area contributed by atoms with E-state index in [9.17, 15) is 4.79 Å². The Kier molecular flexibility index (Phi) is 3.62. The van der Waals surface area contributed by atoms with Gasteiger partial charge in [-0.25, -0.2) is 0 Å². The Morgan fingerprint density at radius 3 is 2.62 bits per heavy atom. The number of hydrogen-bond acceptors (Lipinski definition) is 2. The van der Waals surface area contributed by atoms with Crippen molar-refractivity contribution in [1.82, 2.24) is 10.3 Å². The molecule has 1 aromatic heterocycles. The van der Waals surface area contributed by atoms with Crippen LogP contribution in [0.4, 0.5) is 0 Å². The third kappa shape index (κ3) is 2.58. The van der Waals surface area contributed by atoms with Gasteiger partial charge in [-0.05, 0) is 59.9 Å². The molecule has 0 saturated carbocycles. The number of pyridine rings is 1. The molecule has 1 N–H and O–H groups in total. The van der Waals surface area contributed by atoms with Gasteiger partial charge in [0.15, 0.2) is 0 Å². The zero-order valence-corrected chi connectivity index (χ0v) is 13.5. The van der Waals surface area contributed by atoms with Gasteiger partial charge < -0.3 is 5.32 Å². The minimum Gasteiger partial charge on any atom is -0.344 e. The molecule has 1 aliphatic rings. The van der Waals surface area contributed by atoms with Gasteiger partial charge in [0.1, 0.15) is 0 Å². The van der Waals surface area contributed by atoms with E-state index >= 15 is 0 Å². The van der Waals surface area contributed by atoms with E-state index in [-0.39, 0.29) is 11.9 Å². The molecule has 3 nitrogen and oxygen atoms in total. The van der Waals surface area contributed by atoms with E-state index in [4.69, 9.17) is 0 Å². The fourth-order valence-corrected chi connectivity index (χ4v) is 3.25. The van der Waals surface area contributed by atoms with E-state index in [2.05, 4.69) is 34.6 Å². The second kappa shape index (κ2) is 5.93. The highest BCUT2D eigenvalue weighted by Crippen LogP contribution is 2.36. The zero-order valence-electron chi connectivity index (χ0n) is 13.5. The molecule has 1 aliphatic carbocycles. The number of nitrogens with zero attached hydrogens (tertiary/aromatic N) is 1. The van der Waals surface area contributed by atoms with Gasteiger partial charge in [0, 0.05) is 11.8 Å². The van der Waals surface area contributed by atoms with Crippen molar-refractivity contribution in [2.45, 2.75) is 19.4 Å². The van der Waals surface area contributed by atoms with Crippen LogP contribution in [0.15, 0.2) is 66.9 Å². The van der Waals surface area contributed by atoms with E-state index in [1.54, 1.807) is 6.20 Å². The summed E-state index contributed by atoms with van der Waals surface area (Å²) in [5.74, 6) is -0.0691. The zero-order chi connectivity index (χ0) is 16.5. The predicted octanol–water partition coefficient (Wildman–Crippen LogP) is 4.14. The van der Waals surface area contributed by atoms with Crippen molar-refractivity contribution in [2.24, 2.45) is 0 Å². The quantitative estimate of drug-likeness (QED) is 0.617. The molecule has 3 aromatic rings. The highest BCUT2D eigenvalue weighted by molar-refractivity contribution is 5.96. The van der Waals surface area contributed by atoms with Gasteiger partial charge in [0.25, 0.3) is 5.91 Å². The summed E-state index contributed by atoms with van der Waals surface area (Å²) >= 11 is 0. The molecular weight excluding hydrogens is 296 g/mol. The van der Waals surface area contributed by atoms with Gasteiger partial charge in [0.05, 0.1) is 11.7 Å². The molecule has 0 radical (unpaired) electrons. The van der Waals surface area contributed by atoms with Gasteiger partial charge in [0.2, 0.25) is 0 Å². The molecule has 0 bridgehead atoms. The Morgan fingerprint density at radius 2 is 1.79 bits per heavy atom. The second-order valence-electron chi connectivity index (χ2n) is 6.16. The van der Waals surface area contributed by atoms with E-state index in [1.807, 2.05) is 43.3 Å². The highest BCUT2D eigenvalue weighted by Gasteiger charge is 2.20. The van der Waals surface area contributed by atoms with Crippen molar-refractivity contribution >= 4 is 5.91 Å². The number of aromatic nitrogens is 1. The predicted molar refractivity (Wildman–Crippen MR) is 94.8 cm³/mol. The fraction of sp³-hybridized carbons (Fsp3) is 0.143. The molecule has 118 valence electrons. The number of carbonyl (C=O) groups excluding carboxylic acids is 1. The first-order valence-corrected chi connectivity index (χ1v) is 8.15. The average molecular weight is 314 g/mol. The first-order chi connectivity index (χ1) is 11.7. The Hall–Kier alpha value is -2.94. The third-order valence-electron chi connectivity index (χ3n) is 4.54. The van der Waals surface area contributed by atoms with E-state index in [0.717, 1.165) is 12.1 Å². The Morgan fingerprint density at radius 1 is 1.00 bits per heavy atom. The van der Waals surface area contributed by atoms with Gasteiger partial charge >= 0.3 is 0 Å². The molecule has 4 rings (SSSR count). The summed E-state index contributed by atoms with van der Waals surface area (Å²) in [4.78, 5) is 16.9. The molecule has 2 aromatic carbocycles. The molecule has 0 fully saturated rings. The van der Waals surface area contributed by atoms with Crippen LogP contribution in [-0.4, -0.2) is 10.9 Å². The lowest BCUT2D eigenvalue weighted by atomic mass is 10.0. The van der Waals surface area contributed by atoms with Gasteiger partial charge in [-0.1, -0.05) is 36.4 Å². The van der Waals surface area contributed by atoms with Gasteiger partial charge in [-0.15, -0.1) is 0 Å². The molecule has 0 saturated heterocycles. The summed E-state index contributed by atoms with van der Waals surface area (Å²) in [6.45, 7) is 1.95. The average Bonchev–Trinajstić information content (AvgIpc) is 3.00. The topological polar surface area (TPSA) is 42.0 Å². The van der Waals surface area contributed by atoms with Crippen LogP contribution < -0.4 is 5.32 Å². The molecule has 1 heterocycles. The molecule has 3 heteroatoms. The normalized spacial score (nSPS) is 13.0. The fourth-order valence-electron chi connectivity index (χ4n) is 3.25. The summed E-state index contributed by atoms with van der Waals surface area (Å²) < 4.78 is 0. The molecular formula is C21H18N2O. The Balaban J connectivity index is 1.59. The minimum absolute atomic E-state index is 0.0691. The highest BCUT2D eigenvalue weighted by atomic mass is 16.1. The van der Waals surface area contributed by atoms with Crippen molar-refractivity contribution in [3.8, 4) is 11.1 Å². The van der Waals surface area contributed by atoms with E-state index in [1.165, 1.54) is 22.3 Å². The lowest BCUT2D eigenvalue weighted by Gasteiger charge is -2.14. The van der Waals surface area contributed by atoms with Gasteiger partial charge in [-0.3, -0.25) is 9.78 Å². The molecule has 0 aliphatic heterocycles. The maximum absolute atomic E-state index is 12.6. The number of carbonyl (C=O) groups is 1. The van der Waals surface area contributed by atoms with Crippen LogP contribution in [0.1, 0.15) is 40.1 Å². The van der Waals surface area contributed by atoms with Crippen LogP contribution in [0.25, 0.3) is 11.1 Å². The van der Waals surface area contributed by atoms with Crippen LogP contribution in [0.2, 0.25) is 0 Å². The Labute approximate surface area is 141 Å².